The van der Waals surface area contributed by atoms with Crippen molar-refractivity contribution in [2.24, 2.45) is 4.99 Å². The lowest BCUT2D eigenvalue weighted by Crippen LogP contribution is -2.45. The number of nitrogens with one attached hydrogen (secondary N) is 2. The second-order valence-corrected chi connectivity index (χ2v) is 6.09. The first-order chi connectivity index (χ1) is 11.8. The largest absolute Gasteiger partial charge is 0.355 e. The number of pyridine rings is 1. The van der Waals surface area contributed by atoms with Crippen molar-refractivity contribution >= 4 is 23.4 Å². The van der Waals surface area contributed by atoms with Crippen LogP contribution in [0.15, 0.2) is 42.0 Å². The predicted octanol–water partition coefficient (Wildman–Crippen LogP) is 1.38. The molecule has 0 bridgehead atoms. The van der Waals surface area contributed by atoms with Crippen LogP contribution in [0.2, 0.25) is 5.02 Å². The van der Waals surface area contributed by atoms with E-state index in [1.54, 1.807) is 19.4 Å². The van der Waals surface area contributed by atoms with Gasteiger partial charge in [0.25, 0.3) is 0 Å². The van der Waals surface area contributed by atoms with Gasteiger partial charge in [0, 0.05) is 57.9 Å². The SMILES string of the molecule is CN=C(NCCn1ccnc1)NC1CCN(c2ncccc2Cl)C1. The molecule has 1 saturated heterocycles. The number of halogens is 1. The fourth-order valence-electron chi connectivity index (χ4n) is 2.79. The lowest BCUT2D eigenvalue weighted by molar-refractivity contribution is 0.624. The third kappa shape index (κ3) is 4.17. The van der Waals surface area contributed by atoms with Crippen LogP contribution in [0, 0.1) is 0 Å². The number of hydrogen-bond donors (Lipinski definition) is 2. The predicted molar refractivity (Wildman–Crippen MR) is 96.6 cm³/mol. The molecule has 0 spiro atoms. The molecule has 1 aliphatic heterocycles. The van der Waals surface area contributed by atoms with E-state index in [1.807, 2.05) is 29.2 Å². The van der Waals surface area contributed by atoms with E-state index in [4.69, 9.17) is 11.6 Å². The highest BCUT2D eigenvalue weighted by Gasteiger charge is 2.25. The fourth-order valence-corrected chi connectivity index (χ4v) is 3.03. The summed E-state index contributed by atoms with van der Waals surface area (Å²) in [5.74, 6) is 1.67. The van der Waals surface area contributed by atoms with Crippen LogP contribution < -0.4 is 15.5 Å². The molecule has 2 N–H and O–H groups in total. The number of hydrogen-bond acceptors (Lipinski definition) is 4. The molecule has 1 aliphatic rings. The van der Waals surface area contributed by atoms with Gasteiger partial charge in [-0.2, -0.15) is 0 Å². The summed E-state index contributed by atoms with van der Waals surface area (Å²) in [4.78, 5) is 14.9. The molecule has 0 saturated carbocycles. The van der Waals surface area contributed by atoms with Gasteiger partial charge in [0.2, 0.25) is 0 Å². The van der Waals surface area contributed by atoms with Gasteiger partial charge in [-0.25, -0.2) is 9.97 Å². The van der Waals surface area contributed by atoms with Crippen molar-refractivity contribution in [1.29, 1.82) is 0 Å². The molecule has 2 aromatic rings. The third-order valence-electron chi connectivity index (χ3n) is 4.01. The van der Waals surface area contributed by atoms with E-state index in [1.165, 1.54) is 0 Å². The Hall–Kier alpha value is -2.28. The van der Waals surface area contributed by atoms with Gasteiger partial charge in [-0.15, -0.1) is 0 Å². The van der Waals surface area contributed by atoms with Crippen LogP contribution in [0.25, 0.3) is 0 Å². The minimum atomic E-state index is 0.322. The number of aromatic nitrogens is 3. The normalized spacial score (nSPS) is 18.0. The van der Waals surface area contributed by atoms with Crippen molar-refractivity contribution < 1.29 is 0 Å². The van der Waals surface area contributed by atoms with Crippen molar-refractivity contribution in [1.82, 2.24) is 25.2 Å². The summed E-state index contributed by atoms with van der Waals surface area (Å²) in [5.41, 5.74) is 0. The van der Waals surface area contributed by atoms with E-state index in [0.29, 0.717) is 11.1 Å². The van der Waals surface area contributed by atoms with Crippen LogP contribution >= 0.6 is 11.6 Å². The van der Waals surface area contributed by atoms with Crippen molar-refractivity contribution in [3.63, 3.8) is 0 Å². The summed E-state index contributed by atoms with van der Waals surface area (Å²) in [5, 5.41) is 7.49. The zero-order chi connectivity index (χ0) is 16.8. The van der Waals surface area contributed by atoms with E-state index in [9.17, 15) is 0 Å². The Morgan fingerprint density at radius 3 is 3.12 bits per heavy atom. The van der Waals surface area contributed by atoms with Gasteiger partial charge in [0.05, 0.1) is 11.3 Å². The van der Waals surface area contributed by atoms with Crippen LogP contribution in [0.4, 0.5) is 5.82 Å². The molecule has 3 heterocycles. The Morgan fingerprint density at radius 1 is 1.46 bits per heavy atom. The van der Waals surface area contributed by atoms with E-state index in [-0.39, 0.29) is 0 Å². The molecule has 1 unspecified atom stereocenters. The number of rotatable bonds is 5. The highest BCUT2D eigenvalue weighted by molar-refractivity contribution is 6.32. The van der Waals surface area contributed by atoms with E-state index >= 15 is 0 Å². The van der Waals surface area contributed by atoms with Gasteiger partial charge in [0.1, 0.15) is 5.82 Å². The molecule has 3 rings (SSSR count). The van der Waals surface area contributed by atoms with E-state index in [0.717, 1.165) is 44.4 Å². The monoisotopic (exact) mass is 347 g/mol. The van der Waals surface area contributed by atoms with E-state index < -0.39 is 0 Å². The maximum absolute atomic E-state index is 6.23. The average molecular weight is 348 g/mol. The van der Waals surface area contributed by atoms with Gasteiger partial charge in [-0.3, -0.25) is 4.99 Å². The third-order valence-corrected chi connectivity index (χ3v) is 4.31. The maximum Gasteiger partial charge on any atom is 0.191 e. The Morgan fingerprint density at radius 2 is 2.38 bits per heavy atom. The summed E-state index contributed by atoms with van der Waals surface area (Å²) < 4.78 is 2.03. The van der Waals surface area contributed by atoms with Gasteiger partial charge in [0.15, 0.2) is 5.96 Å². The first-order valence-corrected chi connectivity index (χ1v) is 8.42. The summed E-state index contributed by atoms with van der Waals surface area (Å²) >= 11 is 6.23. The summed E-state index contributed by atoms with van der Waals surface area (Å²) in [6.45, 7) is 3.43. The van der Waals surface area contributed by atoms with Crippen molar-refractivity contribution in [2.75, 3.05) is 31.6 Å². The van der Waals surface area contributed by atoms with Crippen LogP contribution in [-0.4, -0.2) is 53.2 Å². The molecule has 24 heavy (non-hydrogen) atoms. The van der Waals surface area contributed by atoms with Gasteiger partial charge >= 0.3 is 0 Å². The van der Waals surface area contributed by atoms with Gasteiger partial charge in [-0.1, -0.05) is 11.6 Å². The Kier molecular flexibility index (Phi) is 5.53. The molecular formula is C16H22ClN7. The van der Waals surface area contributed by atoms with Gasteiger partial charge < -0.3 is 20.1 Å². The molecule has 8 heteroatoms. The Bertz CT molecular complexity index is 671. The molecule has 128 valence electrons. The standard InChI is InChI=1S/C16H22ClN7/c1-18-16(21-7-10-23-9-6-19-12-23)22-13-4-8-24(11-13)15-14(17)3-2-5-20-15/h2-3,5-6,9,12-13H,4,7-8,10-11H2,1H3,(H2,18,21,22). The maximum atomic E-state index is 6.23. The molecule has 0 amide bonds. The molecule has 1 atom stereocenters. The topological polar surface area (TPSA) is 70.4 Å². The first-order valence-electron chi connectivity index (χ1n) is 8.04. The number of nitrogens with zero attached hydrogens (tertiary/aromatic N) is 5. The van der Waals surface area contributed by atoms with Crippen LogP contribution in [0.5, 0.6) is 0 Å². The smallest absolute Gasteiger partial charge is 0.191 e. The molecular weight excluding hydrogens is 326 g/mol. The minimum Gasteiger partial charge on any atom is -0.355 e. The number of anilines is 1. The van der Waals surface area contributed by atoms with Crippen molar-refractivity contribution in [3.8, 4) is 0 Å². The fraction of sp³-hybridized carbons (Fsp3) is 0.438. The average Bonchev–Trinajstić information content (AvgIpc) is 3.26. The molecule has 0 radical (unpaired) electrons. The summed E-state index contributed by atoms with van der Waals surface area (Å²) in [6, 6.07) is 4.05. The highest BCUT2D eigenvalue weighted by atomic mass is 35.5. The number of guanidine groups is 1. The Balaban J connectivity index is 1.47. The second kappa shape index (κ2) is 8.01. The molecule has 0 aromatic carbocycles. The van der Waals surface area contributed by atoms with Crippen molar-refractivity contribution in [3.05, 3.63) is 42.1 Å². The van der Waals surface area contributed by atoms with Crippen molar-refractivity contribution in [2.45, 2.75) is 19.0 Å². The molecule has 0 aliphatic carbocycles. The van der Waals surface area contributed by atoms with Crippen LogP contribution in [0.1, 0.15) is 6.42 Å². The number of aliphatic imine (C=N–C) groups is 1. The van der Waals surface area contributed by atoms with E-state index in [2.05, 4.69) is 30.5 Å². The lowest BCUT2D eigenvalue weighted by atomic mass is 10.3. The first kappa shape index (κ1) is 16.6. The minimum absolute atomic E-state index is 0.322. The number of imidazole rings is 1. The highest BCUT2D eigenvalue weighted by Crippen LogP contribution is 2.25. The summed E-state index contributed by atoms with van der Waals surface area (Å²) in [6.07, 6.45) is 8.34. The molecule has 1 fully saturated rings. The van der Waals surface area contributed by atoms with Crippen LogP contribution in [0.3, 0.4) is 0 Å². The molecule has 7 nitrogen and oxygen atoms in total. The van der Waals surface area contributed by atoms with Crippen LogP contribution in [-0.2, 0) is 6.54 Å². The second-order valence-electron chi connectivity index (χ2n) is 5.68. The summed E-state index contributed by atoms with van der Waals surface area (Å²) in [7, 11) is 1.79. The Labute approximate surface area is 146 Å². The quantitative estimate of drug-likeness (QED) is 0.631. The molecule has 2 aromatic heterocycles. The zero-order valence-electron chi connectivity index (χ0n) is 13.7. The van der Waals surface area contributed by atoms with Gasteiger partial charge in [-0.05, 0) is 18.6 Å². The lowest BCUT2D eigenvalue weighted by Gasteiger charge is -2.20. The zero-order valence-corrected chi connectivity index (χ0v) is 14.4.